The zero-order valence-electron chi connectivity index (χ0n) is 18.3. The first-order valence-corrected chi connectivity index (χ1v) is 11.3. The molecule has 0 aliphatic rings. The standard InChI is InChI=1S/C23H27N5O2S/c1-5-26(6-2)13-14-28(23-25-18-11-10-17(30-4)15-19(18)31-23)22(29)21-16(3)24-20-9-7-8-12-27(20)21/h7-12,15H,5-6,13-14H2,1-4H3. The van der Waals surface area contributed by atoms with Gasteiger partial charge in [-0.15, -0.1) is 0 Å². The van der Waals surface area contributed by atoms with E-state index in [4.69, 9.17) is 9.72 Å². The summed E-state index contributed by atoms with van der Waals surface area (Å²) in [6.45, 7) is 9.34. The monoisotopic (exact) mass is 437 g/mol. The molecule has 31 heavy (non-hydrogen) atoms. The number of thiazole rings is 1. The molecule has 1 amide bonds. The molecule has 3 aromatic heterocycles. The van der Waals surface area contributed by atoms with E-state index in [-0.39, 0.29) is 5.91 Å². The lowest BCUT2D eigenvalue weighted by Crippen LogP contribution is -2.39. The Balaban J connectivity index is 1.76. The van der Waals surface area contributed by atoms with Crippen molar-refractivity contribution in [2.45, 2.75) is 20.8 Å². The Kier molecular flexibility index (Phi) is 6.20. The van der Waals surface area contributed by atoms with Gasteiger partial charge in [-0.3, -0.25) is 14.1 Å². The minimum Gasteiger partial charge on any atom is -0.497 e. The van der Waals surface area contributed by atoms with Crippen molar-refractivity contribution in [2.75, 3.05) is 38.2 Å². The second kappa shape index (κ2) is 9.03. The fourth-order valence-electron chi connectivity index (χ4n) is 3.70. The highest BCUT2D eigenvalue weighted by Gasteiger charge is 2.26. The van der Waals surface area contributed by atoms with Crippen LogP contribution in [-0.4, -0.2) is 58.5 Å². The summed E-state index contributed by atoms with van der Waals surface area (Å²) in [6, 6.07) is 11.5. The molecular weight excluding hydrogens is 410 g/mol. The summed E-state index contributed by atoms with van der Waals surface area (Å²) in [5.41, 5.74) is 2.91. The molecule has 0 aliphatic carbocycles. The van der Waals surface area contributed by atoms with Crippen LogP contribution >= 0.6 is 11.3 Å². The Morgan fingerprint density at radius 1 is 1.13 bits per heavy atom. The van der Waals surface area contributed by atoms with Gasteiger partial charge in [-0.25, -0.2) is 9.97 Å². The van der Waals surface area contributed by atoms with Gasteiger partial charge in [0.25, 0.3) is 5.91 Å². The molecule has 0 fully saturated rings. The maximum atomic E-state index is 13.8. The highest BCUT2D eigenvalue weighted by molar-refractivity contribution is 7.22. The van der Waals surface area contributed by atoms with E-state index in [1.54, 1.807) is 12.0 Å². The van der Waals surface area contributed by atoms with E-state index in [0.717, 1.165) is 41.2 Å². The molecule has 0 aliphatic heterocycles. The van der Waals surface area contributed by atoms with Crippen LogP contribution in [-0.2, 0) is 0 Å². The smallest absolute Gasteiger partial charge is 0.279 e. The molecule has 4 rings (SSSR count). The van der Waals surface area contributed by atoms with Gasteiger partial charge >= 0.3 is 0 Å². The van der Waals surface area contributed by atoms with Crippen LogP contribution in [0.1, 0.15) is 30.0 Å². The maximum absolute atomic E-state index is 13.8. The Morgan fingerprint density at radius 3 is 2.68 bits per heavy atom. The van der Waals surface area contributed by atoms with Gasteiger partial charge in [0.05, 0.1) is 23.0 Å². The van der Waals surface area contributed by atoms with Gasteiger partial charge in [-0.2, -0.15) is 0 Å². The SMILES string of the molecule is CCN(CC)CCN(C(=O)c1c(C)nc2ccccn12)c1nc2ccc(OC)cc2s1. The van der Waals surface area contributed by atoms with Crippen molar-refractivity contribution in [2.24, 2.45) is 0 Å². The van der Waals surface area contributed by atoms with Crippen LogP contribution in [0.15, 0.2) is 42.6 Å². The number of anilines is 1. The number of rotatable bonds is 8. The average molecular weight is 438 g/mol. The minimum atomic E-state index is -0.0885. The summed E-state index contributed by atoms with van der Waals surface area (Å²) in [7, 11) is 1.65. The van der Waals surface area contributed by atoms with Gasteiger partial charge in [-0.1, -0.05) is 31.3 Å². The van der Waals surface area contributed by atoms with Crippen molar-refractivity contribution in [1.82, 2.24) is 19.3 Å². The van der Waals surface area contributed by atoms with E-state index in [1.807, 2.05) is 53.9 Å². The third-order valence-corrected chi connectivity index (χ3v) is 6.54. The Labute approximate surface area is 185 Å². The second-order valence-electron chi connectivity index (χ2n) is 7.29. The van der Waals surface area contributed by atoms with Gasteiger partial charge in [-0.05, 0) is 50.3 Å². The number of benzene rings is 1. The largest absolute Gasteiger partial charge is 0.497 e. The molecule has 0 saturated heterocycles. The first-order chi connectivity index (χ1) is 15.0. The number of carbonyl (C=O) groups excluding carboxylic acids is 1. The highest BCUT2D eigenvalue weighted by Crippen LogP contribution is 2.32. The van der Waals surface area contributed by atoms with Gasteiger partial charge in [0.1, 0.15) is 17.1 Å². The summed E-state index contributed by atoms with van der Waals surface area (Å²) in [6.07, 6.45) is 1.88. The highest BCUT2D eigenvalue weighted by atomic mass is 32.1. The van der Waals surface area contributed by atoms with E-state index in [2.05, 4.69) is 23.7 Å². The zero-order chi connectivity index (χ0) is 22.0. The molecule has 4 aromatic rings. The Morgan fingerprint density at radius 2 is 1.94 bits per heavy atom. The summed E-state index contributed by atoms with van der Waals surface area (Å²) >= 11 is 1.50. The summed E-state index contributed by atoms with van der Waals surface area (Å²) in [5.74, 6) is 0.690. The van der Waals surface area contributed by atoms with Crippen molar-refractivity contribution in [3.8, 4) is 5.75 Å². The van der Waals surface area contributed by atoms with Gasteiger partial charge in [0.2, 0.25) is 0 Å². The van der Waals surface area contributed by atoms with Crippen LogP contribution in [0.5, 0.6) is 5.75 Å². The number of carbonyl (C=O) groups is 1. The number of pyridine rings is 1. The lowest BCUT2D eigenvalue weighted by molar-refractivity contribution is 0.0977. The van der Waals surface area contributed by atoms with Crippen LogP contribution < -0.4 is 9.64 Å². The van der Waals surface area contributed by atoms with Crippen molar-refractivity contribution in [3.63, 3.8) is 0 Å². The number of fused-ring (bicyclic) bond motifs is 2. The molecule has 7 nitrogen and oxygen atoms in total. The summed E-state index contributed by atoms with van der Waals surface area (Å²) in [4.78, 5) is 27.3. The zero-order valence-corrected chi connectivity index (χ0v) is 19.1. The number of ether oxygens (including phenoxy) is 1. The molecular formula is C23H27N5O2S. The number of likely N-dealkylation sites (N-methyl/N-ethyl adjacent to an activating group) is 1. The molecule has 0 atom stereocenters. The molecule has 3 heterocycles. The number of aromatic nitrogens is 3. The lowest BCUT2D eigenvalue weighted by Gasteiger charge is -2.24. The maximum Gasteiger partial charge on any atom is 0.279 e. The third-order valence-electron chi connectivity index (χ3n) is 5.50. The number of nitrogens with zero attached hydrogens (tertiary/aromatic N) is 5. The number of imidazole rings is 1. The Hall–Kier alpha value is -2.97. The van der Waals surface area contributed by atoms with E-state index in [1.165, 1.54) is 11.3 Å². The molecule has 0 spiro atoms. The van der Waals surface area contributed by atoms with E-state index in [9.17, 15) is 4.79 Å². The van der Waals surface area contributed by atoms with Gasteiger partial charge in [0.15, 0.2) is 5.13 Å². The molecule has 0 radical (unpaired) electrons. The van der Waals surface area contributed by atoms with E-state index < -0.39 is 0 Å². The van der Waals surface area contributed by atoms with Crippen molar-refractivity contribution >= 4 is 38.2 Å². The minimum absolute atomic E-state index is 0.0885. The first kappa shape index (κ1) is 21.3. The topological polar surface area (TPSA) is 63.0 Å². The molecule has 0 unspecified atom stereocenters. The fourth-order valence-corrected chi connectivity index (χ4v) is 4.72. The predicted octanol–water partition coefficient (Wildman–Crippen LogP) is 4.25. The quantitative estimate of drug-likeness (QED) is 0.412. The van der Waals surface area contributed by atoms with Gasteiger partial charge < -0.3 is 9.64 Å². The normalized spacial score (nSPS) is 11.5. The van der Waals surface area contributed by atoms with Crippen molar-refractivity contribution in [3.05, 3.63) is 54.0 Å². The number of hydrogen-bond donors (Lipinski definition) is 0. The average Bonchev–Trinajstić information content (AvgIpc) is 3.35. The lowest BCUT2D eigenvalue weighted by atomic mass is 10.3. The number of aryl methyl sites for hydroxylation is 1. The molecule has 0 saturated carbocycles. The molecule has 162 valence electrons. The first-order valence-electron chi connectivity index (χ1n) is 10.5. The number of methoxy groups -OCH3 is 1. The van der Waals surface area contributed by atoms with Crippen molar-refractivity contribution < 1.29 is 9.53 Å². The van der Waals surface area contributed by atoms with Crippen molar-refractivity contribution in [1.29, 1.82) is 0 Å². The molecule has 0 N–H and O–H groups in total. The summed E-state index contributed by atoms with van der Waals surface area (Å²) < 4.78 is 8.20. The fraction of sp³-hybridized carbons (Fsp3) is 0.348. The number of amides is 1. The summed E-state index contributed by atoms with van der Waals surface area (Å²) in [5, 5.41) is 0.686. The van der Waals surface area contributed by atoms with Crippen LogP contribution in [0, 0.1) is 6.92 Å². The van der Waals surface area contributed by atoms with Crippen LogP contribution in [0.25, 0.3) is 15.9 Å². The van der Waals surface area contributed by atoms with E-state index >= 15 is 0 Å². The molecule has 8 heteroatoms. The molecule has 1 aromatic carbocycles. The number of hydrogen-bond acceptors (Lipinski definition) is 6. The predicted molar refractivity (Wildman–Crippen MR) is 126 cm³/mol. The van der Waals surface area contributed by atoms with Crippen LogP contribution in [0.4, 0.5) is 5.13 Å². The van der Waals surface area contributed by atoms with Crippen LogP contribution in [0.2, 0.25) is 0 Å². The molecule has 0 bridgehead atoms. The Bertz CT molecular complexity index is 1210. The van der Waals surface area contributed by atoms with Gasteiger partial charge in [0, 0.05) is 19.3 Å². The third kappa shape index (κ3) is 4.13. The van der Waals surface area contributed by atoms with E-state index in [0.29, 0.717) is 23.1 Å². The van der Waals surface area contributed by atoms with Crippen LogP contribution in [0.3, 0.4) is 0 Å². The second-order valence-corrected chi connectivity index (χ2v) is 8.30.